The third-order valence-electron chi connectivity index (χ3n) is 4.52. The van der Waals surface area contributed by atoms with Crippen LogP contribution in [0.5, 0.6) is 0 Å². The third kappa shape index (κ3) is 4.03. The second-order valence-electron chi connectivity index (χ2n) is 6.74. The van der Waals surface area contributed by atoms with Gasteiger partial charge in [0.15, 0.2) is 0 Å². The summed E-state index contributed by atoms with van der Waals surface area (Å²) >= 11 is 0. The Morgan fingerprint density at radius 1 is 1.00 bits per heavy atom. The molecule has 1 N–H and O–H groups in total. The molecular weight excluding hydrogens is 381 g/mol. The predicted molar refractivity (Wildman–Crippen MR) is 117 cm³/mol. The van der Waals surface area contributed by atoms with Gasteiger partial charge in [0.05, 0.1) is 16.6 Å². The molecule has 3 aromatic carbocycles. The number of hydrogen-bond acceptors (Lipinski definition) is 3. The van der Waals surface area contributed by atoms with Crippen LogP contribution in [-0.2, 0) is 4.79 Å². The average molecular weight is 399 g/mol. The maximum Gasteiger partial charge on any atom is 0.266 e. The molecule has 0 bridgehead atoms. The zero-order valence-electron chi connectivity index (χ0n) is 16.2. The monoisotopic (exact) mass is 399 g/mol. The lowest BCUT2D eigenvalue weighted by Gasteiger charge is -2.13. The lowest BCUT2D eigenvalue weighted by atomic mass is 10.2. The summed E-state index contributed by atoms with van der Waals surface area (Å²) in [4.78, 5) is 29.4. The number of para-hydroxylation sites is 1. The number of halogens is 1. The lowest BCUT2D eigenvalue weighted by molar-refractivity contribution is -0.114. The molecule has 0 aliphatic rings. The van der Waals surface area contributed by atoms with Gasteiger partial charge in [-0.25, -0.2) is 9.37 Å². The Balaban J connectivity index is 1.90. The Morgan fingerprint density at radius 3 is 2.53 bits per heavy atom. The van der Waals surface area contributed by atoms with E-state index < -0.39 is 0 Å². The van der Waals surface area contributed by atoms with Crippen molar-refractivity contribution in [1.82, 2.24) is 9.55 Å². The fourth-order valence-electron chi connectivity index (χ4n) is 3.18. The highest BCUT2D eigenvalue weighted by Crippen LogP contribution is 2.18. The van der Waals surface area contributed by atoms with Crippen LogP contribution in [0.4, 0.5) is 10.1 Å². The first-order valence-electron chi connectivity index (χ1n) is 9.35. The van der Waals surface area contributed by atoms with Crippen LogP contribution in [0.1, 0.15) is 18.3 Å². The van der Waals surface area contributed by atoms with Crippen molar-refractivity contribution in [3.8, 4) is 5.69 Å². The van der Waals surface area contributed by atoms with Crippen molar-refractivity contribution in [3.05, 3.63) is 100 Å². The van der Waals surface area contributed by atoms with Crippen LogP contribution in [0.15, 0.2) is 77.6 Å². The van der Waals surface area contributed by atoms with E-state index in [1.807, 2.05) is 6.07 Å². The number of rotatable bonds is 4. The molecule has 0 spiro atoms. The SMILES string of the molecule is CC(=O)Nc1cccc(-n2c(/C=C/c3ccc(F)cc3)nc3ccccc3c2=O)c1. The van der Waals surface area contributed by atoms with E-state index in [2.05, 4.69) is 10.3 Å². The van der Waals surface area contributed by atoms with Crippen LogP contribution in [0.3, 0.4) is 0 Å². The standard InChI is InChI=1S/C24H18FN3O2/c1-16(29)26-19-5-4-6-20(15-19)28-23(14-11-17-9-12-18(25)13-10-17)27-22-8-3-2-7-21(22)24(28)30/h2-15H,1H3,(H,26,29)/b14-11+. The molecule has 4 aromatic rings. The van der Waals surface area contributed by atoms with Gasteiger partial charge < -0.3 is 5.32 Å². The lowest BCUT2D eigenvalue weighted by Crippen LogP contribution is -2.22. The van der Waals surface area contributed by atoms with E-state index in [9.17, 15) is 14.0 Å². The summed E-state index contributed by atoms with van der Waals surface area (Å²) in [5.41, 5.74) is 2.28. The Morgan fingerprint density at radius 2 is 1.77 bits per heavy atom. The molecule has 0 atom stereocenters. The second kappa shape index (κ2) is 8.13. The third-order valence-corrected chi connectivity index (χ3v) is 4.52. The normalized spacial score (nSPS) is 11.1. The molecule has 1 aromatic heterocycles. The predicted octanol–water partition coefficient (Wildman–Crippen LogP) is 4.65. The van der Waals surface area contributed by atoms with Crippen LogP contribution in [-0.4, -0.2) is 15.5 Å². The smallest absolute Gasteiger partial charge is 0.266 e. The molecule has 0 radical (unpaired) electrons. The molecule has 0 saturated carbocycles. The van der Waals surface area contributed by atoms with Gasteiger partial charge in [0, 0.05) is 12.6 Å². The molecular formula is C24H18FN3O2. The molecule has 4 rings (SSSR count). The average Bonchev–Trinajstić information content (AvgIpc) is 2.73. The number of hydrogen-bond donors (Lipinski definition) is 1. The quantitative estimate of drug-likeness (QED) is 0.543. The summed E-state index contributed by atoms with van der Waals surface area (Å²) in [5.74, 6) is -0.0989. The Bertz CT molecular complexity index is 1320. The van der Waals surface area contributed by atoms with E-state index in [0.717, 1.165) is 5.56 Å². The summed E-state index contributed by atoms with van der Waals surface area (Å²) < 4.78 is 14.7. The molecule has 6 heteroatoms. The number of fused-ring (bicyclic) bond motifs is 1. The van der Waals surface area contributed by atoms with Crippen molar-refractivity contribution < 1.29 is 9.18 Å². The van der Waals surface area contributed by atoms with Gasteiger partial charge in [0.2, 0.25) is 5.91 Å². The zero-order chi connectivity index (χ0) is 21.1. The van der Waals surface area contributed by atoms with Crippen molar-refractivity contribution in [2.45, 2.75) is 6.92 Å². The first-order valence-corrected chi connectivity index (χ1v) is 9.35. The molecule has 1 amide bonds. The van der Waals surface area contributed by atoms with Crippen molar-refractivity contribution >= 4 is 34.6 Å². The first kappa shape index (κ1) is 19.3. The van der Waals surface area contributed by atoms with Crippen LogP contribution in [0.2, 0.25) is 0 Å². The number of anilines is 1. The van der Waals surface area contributed by atoms with Gasteiger partial charge >= 0.3 is 0 Å². The second-order valence-corrected chi connectivity index (χ2v) is 6.74. The maximum atomic E-state index is 13.3. The van der Waals surface area contributed by atoms with E-state index >= 15 is 0 Å². The number of amides is 1. The Labute approximate surface area is 172 Å². The largest absolute Gasteiger partial charge is 0.326 e. The molecule has 148 valence electrons. The Kier molecular flexibility index (Phi) is 5.22. The minimum absolute atomic E-state index is 0.201. The van der Waals surface area contributed by atoms with Crippen molar-refractivity contribution in [2.24, 2.45) is 0 Å². The van der Waals surface area contributed by atoms with E-state index in [1.165, 1.54) is 23.6 Å². The summed E-state index contributed by atoms with van der Waals surface area (Å²) in [7, 11) is 0. The molecule has 0 aliphatic carbocycles. The number of carbonyl (C=O) groups is 1. The number of nitrogens with one attached hydrogen (secondary N) is 1. The van der Waals surface area contributed by atoms with Gasteiger partial charge in [-0.15, -0.1) is 0 Å². The van der Waals surface area contributed by atoms with Crippen LogP contribution in [0, 0.1) is 5.82 Å². The number of carbonyl (C=O) groups excluding carboxylic acids is 1. The Hall–Kier alpha value is -4.06. The van der Waals surface area contributed by atoms with Gasteiger partial charge in [0.25, 0.3) is 5.56 Å². The summed E-state index contributed by atoms with van der Waals surface area (Å²) in [6, 6.07) is 20.2. The molecule has 0 aliphatic heterocycles. The topological polar surface area (TPSA) is 64.0 Å². The fraction of sp³-hybridized carbons (Fsp3) is 0.0417. The van der Waals surface area contributed by atoms with Gasteiger partial charge in [-0.1, -0.05) is 36.4 Å². The summed E-state index contributed by atoms with van der Waals surface area (Å²) in [6.45, 7) is 1.42. The highest BCUT2D eigenvalue weighted by Gasteiger charge is 2.11. The number of aromatic nitrogens is 2. The molecule has 0 fully saturated rings. The molecule has 0 saturated heterocycles. The van der Waals surface area contributed by atoms with Crippen molar-refractivity contribution in [1.29, 1.82) is 0 Å². The highest BCUT2D eigenvalue weighted by molar-refractivity contribution is 5.89. The van der Waals surface area contributed by atoms with E-state index in [1.54, 1.807) is 66.7 Å². The highest BCUT2D eigenvalue weighted by atomic mass is 19.1. The van der Waals surface area contributed by atoms with Gasteiger partial charge in [-0.3, -0.25) is 14.2 Å². The van der Waals surface area contributed by atoms with Crippen molar-refractivity contribution in [2.75, 3.05) is 5.32 Å². The van der Waals surface area contributed by atoms with Gasteiger partial charge in [-0.05, 0) is 54.1 Å². The van der Waals surface area contributed by atoms with E-state index in [-0.39, 0.29) is 17.3 Å². The molecule has 1 heterocycles. The van der Waals surface area contributed by atoms with E-state index in [0.29, 0.717) is 28.1 Å². The zero-order valence-corrected chi connectivity index (χ0v) is 16.2. The van der Waals surface area contributed by atoms with Gasteiger partial charge in [0.1, 0.15) is 11.6 Å². The fourth-order valence-corrected chi connectivity index (χ4v) is 3.18. The minimum atomic E-state index is -0.317. The summed E-state index contributed by atoms with van der Waals surface area (Å²) in [6.07, 6.45) is 3.48. The van der Waals surface area contributed by atoms with Crippen LogP contribution in [0.25, 0.3) is 28.7 Å². The summed E-state index contributed by atoms with van der Waals surface area (Å²) in [5, 5.41) is 3.21. The maximum absolute atomic E-state index is 13.3. The number of nitrogens with zero attached hydrogens (tertiary/aromatic N) is 2. The van der Waals surface area contributed by atoms with Crippen molar-refractivity contribution in [3.63, 3.8) is 0 Å². The minimum Gasteiger partial charge on any atom is -0.326 e. The van der Waals surface area contributed by atoms with Crippen LogP contribution >= 0.6 is 0 Å². The van der Waals surface area contributed by atoms with Gasteiger partial charge in [-0.2, -0.15) is 0 Å². The first-order chi connectivity index (χ1) is 14.5. The van der Waals surface area contributed by atoms with E-state index in [4.69, 9.17) is 0 Å². The molecule has 5 nitrogen and oxygen atoms in total. The molecule has 0 unspecified atom stereocenters. The number of benzene rings is 3. The van der Waals surface area contributed by atoms with Crippen LogP contribution < -0.4 is 10.9 Å². The molecule has 30 heavy (non-hydrogen) atoms.